The Hall–Kier alpha value is -1.95. The van der Waals surface area contributed by atoms with Gasteiger partial charge in [0.15, 0.2) is 0 Å². The maximum absolute atomic E-state index is 10.9. The molecule has 2 rings (SSSR count). The number of aromatic nitrogens is 1. The van der Waals surface area contributed by atoms with Gasteiger partial charge in [0, 0.05) is 11.4 Å². The lowest BCUT2D eigenvalue weighted by Gasteiger charge is -2.06. The number of aryl methyl sites for hydroxylation is 1. The van der Waals surface area contributed by atoms with E-state index in [2.05, 4.69) is 10.3 Å². The highest BCUT2D eigenvalue weighted by Gasteiger charge is 2.13. The van der Waals surface area contributed by atoms with Crippen molar-refractivity contribution in [2.75, 3.05) is 5.32 Å². The van der Waals surface area contributed by atoms with Crippen LogP contribution in [0.15, 0.2) is 29.1 Å². The van der Waals surface area contributed by atoms with Crippen molar-refractivity contribution < 1.29 is 4.92 Å². The topological polar surface area (TPSA) is 68.1 Å². The van der Waals surface area contributed by atoms with Crippen molar-refractivity contribution in [1.29, 1.82) is 0 Å². The van der Waals surface area contributed by atoms with E-state index in [4.69, 9.17) is 0 Å². The molecule has 88 valence electrons. The van der Waals surface area contributed by atoms with Gasteiger partial charge in [-0.05, 0) is 18.6 Å². The second kappa shape index (κ2) is 4.92. The van der Waals surface area contributed by atoms with E-state index in [-0.39, 0.29) is 10.6 Å². The zero-order valence-corrected chi connectivity index (χ0v) is 10.0. The van der Waals surface area contributed by atoms with Crippen LogP contribution in [0, 0.1) is 17.0 Å². The maximum Gasteiger partial charge on any atom is 0.292 e. The van der Waals surface area contributed by atoms with Crippen LogP contribution in [-0.2, 0) is 6.54 Å². The van der Waals surface area contributed by atoms with Gasteiger partial charge in [-0.25, -0.2) is 4.98 Å². The summed E-state index contributed by atoms with van der Waals surface area (Å²) in [5.74, 6) is 0. The molecule has 0 bridgehead atoms. The summed E-state index contributed by atoms with van der Waals surface area (Å²) in [5.41, 5.74) is 4.11. The molecule has 1 aromatic heterocycles. The highest BCUT2D eigenvalue weighted by Crippen LogP contribution is 2.25. The van der Waals surface area contributed by atoms with Crippen LogP contribution in [0.3, 0.4) is 0 Å². The number of rotatable bonds is 4. The van der Waals surface area contributed by atoms with E-state index in [1.54, 1.807) is 17.6 Å². The van der Waals surface area contributed by atoms with Gasteiger partial charge in [-0.15, -0.1) is 11.3 Å². The van der Waals surface area contributed by atoms with E-state index in [0.29, 0.717) is 12.2 Å². The summed E-state index contributed by atoms with van der Waals surface area (Å²) in [6.45, 7) is 2.32. The van der Waals surface area contributed by atoms with Crippen molar-refractivity contribution in [3.05, 3.63) is 50.5 Å². The molecule has 1 N–H and O–H groups in total. The summed E-state index contributed by atoms with van der Waals surface area (Å²) in [6.07, 6.45) is 0. The third-order valence-corrected chi connectivity index (χ3v) is 2.93. The lowest BCUT2D eigenvalue weighted by molar-refractivity contribution is -0.384. The molecule has 0 saturated heterocycles. The van der Waals surface area contributed by atoms with E-state index >= 15 is 0 Å². The first-order chi connectivity index (χ1) is 8.16. The van der Waals surface area contributed by atoms with E-state index in [9.17, 15) is 10.1 Å². The molecule has 0 saturated carbocycles. The van der Waals surface area contributed by atoms with E-state index in [0.717, 1.165) is 11.3 Å². The fourth-order valence-electron chi connectivity index (χ4n) is 1.45. The fourth-order valence-corrected chi connectivity index (χ4v) is 2.01. The van der Waals surface area contributed by atoms with Gasteiger partial charge in [-0.1, -0.05) is 6.07 Å². The van der Waals surface area contributed by atoms with Crippen LogP contribution in [0.1, 0.15) is 11.3 Å². The average Bonchev–Trinajstić information content (AvgIpc) is 2.80. The summed E-state index contributed by atoms with van der Waals surface area (Å²) >= 11 is 1.50. The van der Waals surface area contributed by atoms with Crippen molar-refractivity contribution >= 4 is 22.7 Å². The standard InChI is InChI=1S/C11H11N3O2S/c1-8-2-3-10(11(4-8)14(15)16)12-5-9-6-17-7-13-9/h2-4,6-7,12H,5H2,1H3. The summed E-state index contributed by atoms with van der Waals surface area (Å²) in [4.78, 5) is 14.6. The molecule has 1 aromatic carbocycles. The minimum absolute atomic E-state index is 0.0974. The Morgan fingerprint density at radius 1 is 1.53 bits per heavy atom. The van der Waals surface area contributed by atoms with Crippen LogP contribution < -0.4 is 5.32 Å². The fraction of sp³-hybridized carbons (Fsp3) is 0.182. The number of benzene rings is 1. The van der Waals surface area contributed by atoms with E-state index < -0.39 is 0 Å². The molecule has 0 amide bonds. The van der Waals surface area contributed by atoms with Crippen molar-refractivity contribution in [1.82, 2.24) is 4.98 Å². The molecule has 6 heteroatoms. The van der Waals surface area contributed by atoms with Gasteiger partial charge >= 0.3 is 0 Å². The minimum atomic E-state index is -0.379. The minimum Gasteiger partial charge on any atom is -0.374 e. The summed E-state index contributed by atoms with van der Waals surface area (Å²) in [7, 11) is 0. The number of hydrogen-bond acceptors (Lipinski definition) is 5. The van der Waals surface area contributed by atoms with Crippen LogP contribution in [0.4, 0.5) is 11.4 Å². The number of nitro groups is 1. The van der Waals surface area contributed by atoms with Gasteiger partial charge in [0.05, 0.1) is 22.7 Å². The largest absolute Gasteiger partial charge is 0.374 e. The number of anilines is 1. The molecule has 5 nitrogen and oxygen atoms in total. The number of hydrogen-bond donors (Lipinski definition) is 1. The molecule has 17 heavy (non-hydrogen) atoms. The van der Waals surface area contributed by atoms with Gasteiger partial charge in [0.2, 0.25) is 0 Å². The first kappa shape index (κ1) is 11.5. The molecular formula is C11H11N3O2S. The van der Waals surface area contributed by atoms with Crippen LogP contribution in [0.5, 0.6) is 0 Å². The van der Waals surface area contributed by atoms with Crippen LogP contribution in [0.25, 0.3) is 0 Å². The average molecular weight is 249 g/mol. The molecule has 0 atom stereocenters. The zero-order valence-electron chi connectivity index (χ0n) is 9.21. The monoisotopic (exact) mass is 249 g/mol. The Balaban J connectivity index is 2.17. The smallest absolute Gasteiger partial charge is 0.292 e. The Kier molecular flexibility index (Phi) is 3.34. The number of nitrogens with one attached hydrogen (secondary N) is 1. The Morgan fingerprint density at radius 3 is 3.00 bits per heavy atom. The molecule has 2 aromatic rings. The highest BCUT2D eigenvalue weighted by atomic mass is 32.1. The highest BCUT2D eigenvalue weighted by molar-refractivity contribution is 7.07. The Bertz CT molecular complexity index is 526. The normalized spacial score (nSPS) is 10.2. The second-order valence-corrected chi connectivity index (χ2v) is 4.33. The molecule has 1 heterocycles. The Labute approximate surface area is 102 Å². The van der Waals surface area contributed by atoms with Gasteiger partial charge in [-0.3, -0.25) is 10.1 Å². The molecule has 0 fully saturated rings. The van der Waals surface area contributed by atoms with Crippen LogP contribution >= 0.6 is 11.3 Å². The van der Waals surface area contributed by atoms with Crippen molar-refractivity contribution in [2.45, 2.75) is 13.5 Å². The van der Waals surface area contributed by atoms with Crippen molar-refractivity contribution in [3.63, 3.8) is 0 Å². The number of thiazole rings is 1. The lowest BCUT2D eigenvalue weighted by atomic mass is 10.2. The first-order valence-electron chi connectivity index (χ1n) is 5.03. The van der Waals surface area contributed by atoms with Crippen molar-refractivity contribution in [3.8, 4) is 0 Å². The van der Waals surface area contributed by atoms with Crippen LogP contribution in [0.2, 0.25) is 0 Å². The molecule has 0 unspecified atom stereocenters. The van der Waals surface area contributed by atoms with Gasteiger partial charge < -0.3 is 5.32 Å². The predicted octanol–water partition coefficient (Wildman–Crippen LogP) is 2.97. The molecule has 0 aliphatic heterocycles. The van der Waals surface area contributed by atoms with Gasteiger partial charge in [0.1, 0.15) is 5.69 Å². The summed E-state index contributed by atoms with van der Waals surface area (Å²) in [5, 5.41) is 15.8. The van der Waals surface area contributed by atoms with Crippen LogP contribution in [-0.4, -0.2) is 9.91 Å². The van der Waals surface area contributed by atoms with E-state index in [1.165, 1.54) is 11.3 Å². The molecule has 0 radical (unpaired) electrons. The summed E-state index contributed by atoms with van der Waals surface area (Å²) < 4.78 is 0. The predicted molar refractivity (Wildman–Crippen MR) is 67.3 cm³/mol. The third kappa shape index (κ3) is 2.79. The number of nitrogens with zero attached hydrogens (tertiary/aromatic N) is 2. The lowest BCUT2D eigenvalue weighted by Crippen LogP contribution is -2.03. The summed E-state index contributed by atoms with van der Waals surface area (Å²) in [6, 6.07) is 5.12. The molecular weight excluding hydrogens is 238 g/mol. The molecule has 0 spiro atoms. The molecule has 0 aliphatic rings. The first-order valence-corrected chi connectivity index (χ1v) is 5.97. The Morgan fingerprint density at radius 2 is 2.35 bits per heavy atom. The van der Waals surface area contributed by atoms with Gasteiger partial charge in [-0.2, -0.15) is 0 Å². The second-order valence-electron chi connectivity index (χ2n) is 3.61. The van der Waals surface area contributed by atoms with E-state index in [1.807, 2.05) is 18.4 Å². The molecule has 0 aliphatic carbocycles. The quantitative estimate of drug-likeness (QED) is 0.668. The maximum atomic E-state index is 10.9. The van der Waals surface area contributed by atoms with Crippen molar-refractivity contribution in [2.24, 2.45) is 0 Å². The SMILES string of the molecule is Cc1ccc(NCc2cscn2)c([N+](=O)[O-])c1. The third-order valence-electron chi connectivity index (χ3n) is 2.29. The van der Waals surface area contributed by atoms with Gasteiger partial charge in [0.25, 0.3) is 5.69 Å². The zero-order chi connectivity index (χ0) is 12.3. The number of nitro benzene ring substituents is 1.